The topological polar surface area (TPSA) is 78.3 Å². The van der Waals surface area contributed by atoms with Crippen LogP contribution in [-0.4, -0.2) is 20.5 Å². The molecule has 1 heterocycles. The molecule has 0 radical (unpaired) electrons. The number of rotatable bonds is 6. The number of nitrogens with zero attached hydrogens (tertiary/aromatic N) is 5. The standard InChI is InChI=1S/C15H15N5S/c1-12-5-2-3-7-14(12)20-11-18-19-15(20)21-10-13(9-17)6-4-8-16/h2-3,5,7,11,13H,4,6,10H2,1H3. The summed E-state index contributed by atoms with van der Waals surface area (Å²) >= 11 is 1.50. The first kappa shape index (κ1) is 15.1. The van der Waals surface area contributed by atoms with Crippen LogP contribution in [0.15, 0.2) is 35.7 Å². The smallest absolute Gasteiger partial charge is 0.195 e. The second-order valence-electron chi connectivity index (χ2n) is 4.60. The number of aromatic nitrogens is 3. The minimum absolute atomic E-state index is 0.142. The predicted molar refractivity (Wildman–Crippen MR) is 80.8 cm³/mol. The average molecular weight is 297 g/mol. The van der Waals surface area contributed by atoms with E-state index in [1.54, 1.807) is 6.33 Å². The van der Waals surface area contributed by atoms with Crippen molar-refractivity contribution in [1.29, 1.82) is 10.5 Å². The molecule has 0 fully saturated rings. The van der Waals surface area contributed by atoms with Gasteiger partial charge in [0.2, 0.25) is 0 Å². The highest BCUT2D eigenvalue weighted by atomic mass is 32.2. The van der Waals surface area contributed by atoms with Gasteiger partial charge in [-0.1, -0.05) is 30.0 Å². The molecule has 0 N–H and O–H groups in total. The van der Waals surface area contributed by atoms with Gasteiger partial charge in [-0.15, -0.1) is 10.2 Å². The lowest BCUT2D eigenvalue weighted by Crippen LogP contribution is -2.03. The number of thioether (sulfide) groups is 1. The maximum Gasteiger partial charge on any atom is 0.195 e. The first-order valence-corrected chi connectivity index (χ1v) is 7.60. The Kier molecular flexibility index (Phi) is 5.36. The van der Waals surface area contributed by atoms with E-state index in [1.807, 2.05) is 35.8 Å². The summed E-state index contributed by atoms with van der Waals surface area (Å²) in [5, 5.41) is 26.5. The van der Waals surface area contributed by atoms with Crippen LogP contribution in [0.4, 0.5) is 0 Å². The number of para-hydroxylation sites is 1. The number of hydrogen-bond acceptors (Lipinski definition) is 5. The Labute approximate surface area is 128 Å². The average Bonchev–Trinajstić information content (AvgIpc) is 2.96. The molecule has 0 aliphatic heterocycles. The zero-order valence-electron chi connectivity index (χ0n) is 11.7. The van der Waals surface area contributed by atoms with Crippen molar-refractivity contribution in [2.24, 2.45) is 5.92 Å². The van der Waals surface area contributed by atoms with Crippen LogP contribution in [-0.2, 0) is 0 Å². The van der Waals surface area contributed by atoms with Gasteiger partial charge in [0.1, 0.15) is 6.33 Å². The molecule has 0 aliphatic rings. The third-order valence-electron chi connectivity index (χ3n) is 3.09. The Morgan fingerprint density at radius 2 is 2.14 bits per heavy atom. The van der Waals surface area contributed by atoms with Crippen LogP contribution in [0.25, 0.3) is 5.69 Å². The van der Waals surface area contributed by atoms with Gasteiger partial charge in [0.05, 0.1) is 23.7 Å². The highest BCUT2D eigenvalue weighted by Crippen LogP contribution is 2.24. The van der Waals surface area contributed by atoms with Gasteiger partial charge in [-0.25, -0.2) is 0 Å². The molecule has 1 aromatic carbocycles. The minimum Gasteiger partial charge on any atom is -0.276 e. The van der Waals surface area contributed by atoms with Gasteiger partial charge in [-0.05, 0) is 25.0 Å². The van der Waals surface area contributed by atoms with E-state index in [1.165, 1.54) is 11.8 Å². The third-order valence-corrected chi connectivity index (χ3v) is 4.20. The molecular formula is C15H15N5S. The molecule has 0 saturated carbocycles. The first-order chi connectivity index (χ1) is 10.3. The van der Waals surface area contributed by atoms with Crippen molar-refractivity contribution in [3.63, 3.8) is 0 Å². The molecular weight excluding hydrogens is 282 g/mol. The number of aryl methyl sites for hydroxylation is 1. The van der Waals surface area contributed by atoms with Gasteiger partial charge in [-0.2, -0.15) is 10.5 Å². The fourth-order valence-electron chi connectivity index (χ4n) is 1.92. The molecule has 0 saturated heterocycles. The summed E-state index contributed by atoms with van der Waals surface area (Å²) in [6.45, 7) is 2.04. The lowest BCUT2D eigenvalue weighted by Gasteiger charge is -2.10. The van der Waals surface area contributed by atoms with Crippen molar-refractivity contribution in [2.45, 2.75) is 24.9 Å². The second kappa shape index (κ2) is 7.47. The van der Waals surface area contributed by atoms with Crippen LogP contribution in [0.2, 0.25) is 0 Å². The van der Waals surface area contributed by atoms with Gasteiger partial charge in [0.15, 0.2) is 5.16 Å². The van der Waals surface area contributed by atoms with Crippen LogP contribution in [0.5, 0.6) is 0 Å². The van der Waals surface area contributed by atoms with Crippen LogP contribution < -0.4 is 0 Å². The van der Waals surface area contributed by atoms with E-state index in [0.29, 0.717) is 18.6 Å². The Hall–Kier alpha value is -2.31. The molecule has 106 valence electrons. The molecule has 2 rings (SSSR count). The second-order valence-corrected chi connectivity index (χ2v) is 5.59. The molecule has 21 heavy (non-hydrogen) atoms. The maximum atomic E-state index is 9.10. The molecule has 0 aliphatic carbocycles. The largest absolute Gasteiger partial charge is 0.276 e. The van der Waals surface area contributed by atoms with Crippen molar-refractivity contribution >= 4 is 11.8 Å². The van der Waals surface area contributed by atoms with Gasteiger partial charge in [0.25, 0.3) is 0 Å². The van der Waals surface area contributed by atoms with Gasteiger partial charge in [-0.3, -0.25) is 4.57 Å². The molecule has 1 aromatic heterocycles. The zero-order valence-corrected chi connectivity index (χ0v) is 12.5. The quantitative estimate of drug-likeness (QED) is 0.765. The molecule has 6 heteroatoms. The monoisotopic (exact) mass is 297 g/mol. The SMILES string of the molecule is Cc1ccccc1-n1cnnc1SCC(C#N)CCC#N. The fourth-order valence-corrected chi connectivity index (χ4v) is 2.90. The Bertz CT molecular complexity index is 680. The van der Waals surface area contributed by atoms with E-state index in [-0.39, 0.29) is 5.92 Å². The lowest BCUT2D eigenvalue weighted by molar-refractivity contribution is 0.683. The Morgan fingerprint density at radius 3 is 2.86 bits per heavy atom. The van der Waals surface area contributed by atoms with Crippen molar-refractivity contribution < 1.29 is 0 Å². The van der Waals surface area contributed by atoms with Crippen molar-refractivity contribution in [3.8, 4) is 17.8 Å². The molecule has 0 bridgehead atoms. The summed E-state index contributed by atoms with van der Waals surface area (Å²) in [5.74, 6) is 0.472. The van der Waals surface area contributed by atoms with Gasteiger partial charge >= 0.3 is 0 Å². The summed E-state index contributed by atoms with van der Waals surface area (Å²) in [6, 6.07) is 12.3. The maximum absolute atomic E-state index is 9.10. The first-order valence-electron chi connectivity index (χ1n) is 6.61. The van der Waals surface area contributed by atoms with E-state index in [0.717, 1.165) is 16.4 Å². The van der Waals surface area contributed by atoms with Gasteiger partial charge in [0, 0.05) is 12.2 Å². The van der Waals surface area contributed by atoms with Crippen LogP contribution in [0.3, 0.4) is 0 Å². The molecule has 0 spiro atoms. The highest BCUT2D eigenvalue weighted by Gasteiger charge is 2.13. The molecule has 5 nitrogen and oxygen atoms in total. The number of benzene rings is 1. The number of hydrogen-bond donors (Lipinski definition) is 0. The van der Waals surface area contributed by atoms with E-state index in [4.69, 9.17) is 10.5 Å². The Balaban J connectivity index is 2.10. The zero-order chi connectivity index (χ0) is 15.1. The van der Waals surface area contributed by atoms with E-state index >= 15 is 0 Å². The summed E-state index contributed by atoms with van der Waals surface area (Å²) in [5.41, 5.74) is 2.18. The summed E-state index contributed by atoms with van der Waals surface area (Å²) < 4.78 is 1.93. The van der Waals surface area contributed by atoms with Crippen LogP contribution in [0.1, 0.15) is 18.4 Å². The Morgan fingerprint density at radius 1 is 1.33 bits per heavy atom. The fraction of sp³-hybridized carbons (Fsp3) is 0.333. The molecule has 0 amide bonds. The van der Waals surface area contributed by atoms with Crippen molar-refractivity contribution in [2.75, 3.05) is 5.75 Å². The summed E-state index contributed by atoms with van der Waals surface area (Å²) in [6.07, 6.45) is 2.68. The summed E-state index contributed by atoms with van der Waals surface area (Å²) in [7, 11) is 0. The normalized spacial score (nSPS) is 11.6. The predicted octanol–water partition coefficient (Wildman–Crippen LogP) is 3.11. The van der Waals surface area contributed by atoms with Crippen molar-refractivity contribution in [3.05, 3.63) is 36.2 Å². The van der Waals surface area contributed by atoms with Crippen LogP contribution in [0, 0.1) is 35.5 Å². The highest BCUT2D eigenvalue weighted by molar-refractivity contribution is 7.99. The van der Waals surface area contributed by atoms with Gasteiger partial charge < -0.3 is 0 Å². The van der Waals surface area contributed by atoms with Crippen molar-refractivity contribution in [1.82, 2.24) is 14.8 Å². The number of nitriles is 2. The third kappa shape index (κ3) is 3.84. The van der Waals surface area contributed by atoms with E-state index in [2.05, 4.69) is 22.3 Å². The molecule has 1 atom stereocenters. The minimum atomic E-state index is -0.142. The molecule has 1 unspecified atom stereocenters. The lowest BCUT2D eigenvalue weighted by atomic mass is 10.1. The van der Waals surface area contributed by atoms with E-state index < -0.39 is 0 Å². The van der Waals surface area contributed by atoms with E-state index in [9.17, 15) is 0 Å². The summed E-state index contributed by atoms with van der Waals surface area (Å²) in [4.78, 5) is 0. The molecule has 2 aromatic rings. The van der Waals surface area contributed by atoms with Crippen LogP contribution >= 0.6 is 11.8 Å².